The van der Waals surface area contributed by atoms with Gasteiger partial charge in [0, 0.05) is 16.8 Å². The van der Waals surface area contributed by atoms with E-state index in [1.165, 1.54) is 6.08 Å². The van der Waals surface area contributed by atoms with Gasteiger partial charge in [0.05, 0.1) is 17.1 Å². The monoisotopic (exact) mass is 551 g/mol. The van der Waals surface area contributed by atoms with Crippen molar-refractivity contribution in [2.24, 2.45) is 17.3 Å². The lowest BCUT2D eigenvalue weighted by atomic mass is 9.63. The van der Waals surface area contributed by atoms with Crippen molar-refractivity contribution in [1.29, 1.82) is 0 Å². The minimum atomic E-state index is -1.37. The molecular weight excluding hydrogens is 522 g/mol. The number of ether oxygens (including phenoxy) is 1. The van der Waals surface area contributed by atoms with E-state index in [4.69, 9.17) is 9.57 Å². The first-order valence-corrected chi connectivity index (χ1v) is 13.4. The second-order valence-electron chi connectivity index (χ2n) is 11.0. The SMILES string of the molecule is Cc1ccc(Br)cc1C1CC2(ON1c1ccccc1)C(=O)O[C@@H]1[C@H]2CC[C@H](C)[C@]2(O)C=CC(=O)[C@@]12C. The van der Waals surface area contributed by atoms with Crippen LogP contribution >= 0.6 is 15.9 Å². The molecule has 2 heterocycles. The van der Waals surface area contributed by atoms with Crippen LogP contribution in [0.15, 0.2) is 65.2 Å². The standard InChI is InChI=1S/C29H30BrNO5/c1-17-9-11-19(30)15-21(17)23-16-28(36-31(23)20-7-5-4-6-8-20)22-12-10-18(2)29(34)14-13-24(32)27(29,3)25(22)35-26(28)33/h4-9,11,13-15,18,22-23,25,34H,10,12,16H2,1-3H3/t18-,22+,23?,25+,27-,28?,29+/m0/s1. The van der Waals surface area contributed by atoms with Gasteiger partial charge in [-0.05, 0) is 80.2 Å². The highest BCUT2D eigenvalue weighted by molar-refractivity contribution is 9.10. The number of para-hydroxylation sites is 1. The van der Waals surface area contributed by atoms with Gasteiger partial charge in [0.2, 0.25) is 5.60 Å². The van der Waals surface area contributed by atoms with Gasteiger partial charge in [-0.3, -0.25) is 9.63 Å². The number of benzene rings is 2. The Morgan fingerprint density at radius 2 is 1.86 bits per heavy atom. The third kappa shape index (κ3) is 3.02. The largest absolute Gasteiger partial charge is 0.459 e. The Labute approximate surface area is 219 Å². The molecule has 0 amide bonds. The van der Waals surface area contributed by atoms with Gasteiger partial charge < -0.3 is 9.84 Å². The molecule has 1 saturated carbocycles. The van der Waals surface area contributed by atoms with Crippen LogP contribution in [0.3, 0.4) is 0 Å². The maximum Gasteiger partial charge on any atom is 0.342 e. The number of carbonyl (C=O) groups is 2. The Kier molecular flexibility index (Phi) is 5.31. The molecule has 6 rings (SSSR count). The van der Waals surface area contributed by atoms with Gasteiger partial charge in [-0.2, -0.15) is 0 Å². The van der Waals surface area contributed by atoms with E-state index in [0.29, 0.717) is 19.3 Å². The zero-order chi connectivity index (χ0) is 25.5. The zero-order valence-corrected chi connectivity index (χ0v) is 22.2. The lowest BCUT2D eigenvalue weighted by Gasteiger charge is -2.43. The van der Waals surface area contributed by atoms with Gasteiger partial charge in [0.25, 0.3) is 0 Å². The highest BCUT2D eigenvalue weighted by atomic mass is 79.9. The molecule has 36 heavy (non-hydrogen) atoms. The number of carbonyl (C=O) groups excluding carboxylic acids is 2. The molecule has 2 aromatic carbocycles. The Morgan fingerprint density at radius 1 is 1.11 bits per heavy atom. The van der Waals surface area contributed by atoms with Crippen molar-refractivity contribution >= 4 is 33.4 Å². The first kappa shape index (κ1) is 23.9. The molecule has 3 fully saturated rings. The van der Waals surface area contributed by atoms with E-state index >= 15 is 0 Å². The summed E-state index contributed by atoms with van der Waals surface area (Å²) in [6.07, 6.45) is 3.95. The summed E-state index contributed by atoms with van der Waals surface area (Å²) in [5.74, 6) is -1.19. The molecule has 0 bridgehead atoms. The fourth-order valence-electron chi connectivity index (χ4n) is 7.04. The van der Waals surface area contributed by atoms with Crippen LogP contribution in [-0.2, 0) is 19.2 Å². The number of aryl methyl sites for hydroxylation is 1. The van der Waals surface area contributed by atoms with E-state index < -0.39 is 28.7 Å². The summed E-state index contributed by atoms with van der Waals surface area (Å²) in [6.45, 7) is 5.78. The molecule has 7 atom stereocenters. The summed E-state index contributed by atoms with van der Waals surface area (Å²) in [4.78, 5) is 33.8. The van der Waals surface area contributed by atoms with Crippen molar-refractivity contribution in [2.45, 2.75) is 63.4 Å². The Hall–Kier alpha value is -2.48. The van der Waals surface area contributed by atoms with E-state index in [1.807, 2.05) is 48.4 Å². The molecule has 2 aromatic rings. The smallest absolute Gasteiger partial charge is 0.342 e. The maximum absolute atomic E-state index is 13.8. The van der Waals surface area contributed by atoms with E-state index in [-0.39, 0.29) is 23.7 Å². The average molecular weight is 552 g/mol. The molecule has 1 spiro atoms. The van der Waals surface area contributed by atoms with Crippen molar-refractivity contribution < 1.29 is 24.3 Å². The molecule has 7 heteroatoms. The average Bonchev–Trinajstić information content (AvgIpc) is 3.46. The normalized spacial score (nSPS) is 39.3. The number of anilines is 1. The second kappa shape index (κ2) is 8.01. The van der Waals surface area contributed by atoms with E-state index in [0.717, 1.165) is 21.3 Å². The number of fused-ring (bicyclic) bond motifs is 4. The van der Waals surface area contributed by atoms with Crippen molar-refractivity contribution in [3.63, 3.8) is 0 Å². The van der Waals surface area contributed by atoms with Gasteiger partial charge >= 0.3 is 5.97 Å². The Bertz CT molecular complexity index is 1280. The van der Waals surface area contributed by atoms with E-state index in [9.17, 15) is 14.7 Å². The summed E-state index contributed by atoms with van der Waals surface area (Å²) in [5, 5.41) is 13.6. The predicted octanol–water partition coefficient (Wildman–Crippen LogP) is 5.23. The molecule has 0 radical (unpaired) electrons. The second-order valence-corrected chi connectivity index (χ2v) is 11.9. The zero-order valence-electron chi connectivity index (χ0n) is 20.6. The number of esters is 1. The van der Waals surface area contributed by atoms with Crippen molar-refractivity contribution in [3.8, 4) is 0 Å². The molecule has 2 unspecified atom stereocenters. The summed E-state index contributed by atoms with van der Waals surface area (Å²) in [5.41, 5.74) is -0.872. The molecule has 6 nitrogen and oxygen atoms in total. The molecule has 188 valence electrons. The number of hydroxylamine groups is 1. The number of hydrogen-bond acceptors (Lipinski definition) is 6. The van der Waals surface area contributed by atoms with Gasteiger partial charge in [-0.1, -0.05) is 47.1 Å². The fraction of sp³-hybridized carbons (Fsp3) is 0.448. The molecular formula is C29H30BrNO5. The first-order chi connectivity index (χ1) is 17.1. The summed E-state index contributed by atoms with van der Waals surface area (Å²) < 4.78 is 7.04. The highest BCUT2D eigenvalue weighted by Crippen LogP contribution is 2.61. The van der Waals surface area contributed by atoms with Crippen LogP contribution in [0, 0.1) is 24.2 Å². The van der Waals surface area contributed by atoms with Gasteiger partial charge in [0.1, 0.15) is 11.7 Å². The number of halogens is 1. The lowest BCUT2D eigenvalue weighted by molar-refractivity contribution is -0.169. The number of hydrogen-bond donors (Lipinski definition) is 1. The number of aliphatic hydroxyl groups is 1. The van der Waals surface area contributed by atoms with Crippen LogP contribution in [0.2, 0.25) is 0 Å². The minimum absolute atomic E-state index is 0.165. The van der Waals surface area contributed by atoms with Crippen LogP contribution in [-0.4, -0.2) is 34.2 Å². The van der Waals surface area contributed by atoms with E-state index in [1.54, 1.807) is 13.0 Å². The minimum Gasteiger partial charge on any atom is -0.459 e. The van der Waals surface area contributed by atoms with Crippen LogP contribution < -0.4 is 5.06 Å². The van der Waals surface area contributed by atoms with Crippen molar-refractivity contribution in [2.75, 3.05) is 5.06 Å². The summed E-state index contributed by atoms with van der Waals surface area (Å²) >= 11 is 3.61. The number of ketones is 1. The highest BCUT2D eigenvalue weighted by Gasteiger charge is 2.74. The van der Waals surface area contributed by atoms with Gasteiger partial charge in [-0.15, -0.1) is 0 Å². The first-order valence-electron chi connectivity index (χ1n) is 12.6. The van der Waals surface area contributed by atoms with Crippen LogP contribution in [0.4, 0.5) is 5.69 Å². The predicted molar refractivity (Wildman–Crippen MR) is 138 cm³/mol. The molecule has 2 aliphatic heterocycles. The van der Waals surface area contributed by atoms with Crippen LogP contribution in [0.1, 0.15) is 50.3 Å². The fourth-order valence-corrected chi connectivity index (χ4v) is 7.42. The third-order valence-corrected chi connectivity index (χ3v) is 9.75. The van der Waals surface area contributed by atoms with Gasteiger partial charge in [-0.25, -0.2) is 9.86 Å². The molecule has 1 N–H and O–H groups in total. The topological polar surface area (TPSA) is 76.1 Å². The van der Waals surface area contributed by atoms with Gasteiger partial charge in [0.15, 0.2) is 5.78 Å². The molecule has 0 aromatic heterocycles. The molecule has 2 aliphatic carbocycles. The third-order valence-electron chi connectivity index (χ3n) is 9.26. The molecule has 2 saturated heterocycles. The number of allylic oxidation sites excluding steroid dienone is 1. The van der Waals surface area contributed by atoms with Crippen LogP contribution in [0.5, 0.6) is 0 Å². The summed E-state index contributed by atoms with van der Waals surface area (Å²) in [7, 11) is 0. The Morgan fingerprint density at radius 3 is 2.61 bits per heavy atom. The number of rotatable bonds is 2. The number of nitrogens with zero attached hydrogens (tertiary/aromatic N) is 1. The molecule has 4 aliphatic rings. The quantitative estimate of drug-likeness (QED) is 0.515. The van der Waals surface area contributed by atoms with Crippen molar-refractivity contribution in [3.05, 3.63) is 76.3 Å². The van der Waals surface area contributed by atoms with Crippen molar-refractivity contribution in [1.82, 2.24) is 0 Å². The van der Waals surface area contributed by atoms with Crippen LogP contribution in [0.25, 0.3) is 0 Å². The lowest BCUT2D eigenvalue weighted by Crippen LogP contribution is -2.57. The Balaban J connectivity index is 1.48. The maximum atomic E-state index is 13.8. The summed E-state index contributed by atoms with van der Waals surface area (Å²) in [6, 6.07) is 15.7. The van der Waals surface area contributed by atoms with E-state index in [2.05, 4.69) is 35.0 Å².